The highest BCUT2D eigenvalue weighted by atomic mass is 32.2. The number of Topliss-reactive ketones (excluding diaryl/α,β-unsaturated/α-hetero) is 1. The van der Waals surface area contributed by atoms with Gasteiger partial charge in [0.05, 0.1) is 0 Å². The third-order valence-electron chi connectivity index (χ3n) is 1.76. The molecule has 1 atom stereocenters. The molecule has 0 spiro atoms. The van der Waals surface area contributed by atoms with Crippen LogP contribution in [0.25, 0.3) is 0 Å². The Kier molecular flexibility index (Phi) is 4.79. The summed E-state index contributed by atoms with van der Waals surface area (Å²) < 4.78 is 30.3. The minimum atomic E-state index is -4.45. The first kappa shape index (κ1) is 13.1. The van der Waals surface area contributed by atoms with Crippen LogP contribution >= 0.6 is 0 Å². The van der Waals surface area contributed by atoms with E-state index in [-0.39, 0.29) is 6.42 Å². The number of aliphatic hydroxyl groups is 1. The Morgan fingerprint density at radius 2 is 2.00 bits per heavy atom. The molecule has 6 heteroatoms. The fourth-order valence-electron chi connectivity index (χ4n) is 0.991. The van der Waals surface area contributed by atoms with Gasteiger partial charge in [0.25, 0.3) is 10.1 Å². The topological polar surface area (TPSA) is 91.7 Å². The van der Waals surface area contributed by atoms with E-state index >= 15 is 0 Å². The van der Waals surface area contributed by atoms with Gasteiger partial charge in [-0.3, -0.25) is 9.35 Å². The van der Waals surface area contributed by atoms with Crippen molar-refractivity contribution < 1.29 is 22.9 Å². The van der Waals surface area contributed by atoms with Gasteiger partial charge in [0.2, 0.25) is 5.78 Å². The molecule has 0 aliphatic carbocycles. The number of rotatable bonds is 6. The summed E-state index contributed by atoms with van der Waals surface area (Å²) in [6.45, 7) is 4.75. The number of aliphatic hydroxyl groups excluding tert-OH is 1. The van der Waals surface area contributed by atoms with Gasteiger partial charge in [-0.25, -0.2) is 0 Å². The van der Waals surface area contributed by atoms with Crippen LogP contribution in [0.1, 0.15) is 26.2 Å². The molecule has 0 aromatic carbocycles. The molecule has 1 unspecified atom stereocenters. The van der Waals surface area contributed by atoms with E-state index in [0.717, 1.165) is 0 Å². The van der Waals surface area contributed by atoms with Crippen molar-refractivity contribution in [2.75, 3.05) is 0 Å². The maximum absolute atomic E-state index is 11.1. The molecular weight excluding hydrogens is 208 g/mol. The predicted molar refractivity (Wildman–Crippen MR) is 51.6 cm³/mol. The van der Waals surface area contributed by atoms with Crippen LogP contribution in [0.15, 0.2) is 12.3 Å². The van der Waals surface area contributed by atoms with Crippen LogP contribution in [0, 0.1) is 0 Å². The molecule has 2 N–H and O–H groups in total. The number of carbonyl (C=O) groups is 1. The molecule has 0 aromatic rings. The van der Waals surface area contributed by atoms with Crippen molar-refractivity contribution >= 4 is 15.9 Å². The number of hydrogen-bond donors (Lipinski definition) is 2. The largest absolute Gasteiger partial charge is 0.505 e. The van der Waals surface area contributed by atoms with Crippen LogP contribution in [0.3, 0.4) is 0 Å². The van der Waals surface area contributed by atoms with E-state index in [0.29, 0.717) is 12.8 Å². The Labute approximate surface area is 83.2 Å². The Balaban J connectivity index is 4.74. The van der Waals surface area contributed by atoms with Gasteiger partial charge in [0.15, 0.2) is 11.0 Å². The quantitative estimate of drug-likeness (QED) is 0.398. The molecule has 0 bridgehead atoms. The average Bonchev–Trinajstić information content (AvgIpc) is 2.02. The van der Waals surface area contributed by atoms with Gasteiger partial charge in [-0.05, 0) is 6.42 Å². The van der Waals surface area contributed by atoms with Crippen molar-refractivity contribution in [1.82, 2.24) is 0 Å². The van der Waals surface area contributed by atoms with Crippen molar-refractivity contribution in [3.8, 4) is 0 Å². The van der Waals surface area contributed by atoms with Crippen LogP contribution in [-0.4, -0.2) is 29.1 Å². The van der Waals surface area contributed by atoms with Crippen molar-refractivity contribution in [1.29, 1.82) is 0 Å². The number of allylic oxidation sites excluding steroid dienone is 1. The Morgan fingerprint density at radius 3 is 2.29 bits per heavy atom. The van der Waals surface area contributed by atoms with E-state index in [1.165, 1.54) is 0 Å². The summed E-state index contributed by atoms with van der Waals surface area (Å²) in [5.41, 5.74) is 0. The highest BCUT2D eigenvalue weighted by Crippen LogP contribution is 2.12. The summed E-state index contributed by atoms with van der Waals surface area (Å²) in [7, 11) is -4.45. The first-order valence-electron chi connectivity index (χ1n) is 4.19. The molecule has 0 saturated carbocycles. The second-order valence-corrected chi connectivity index (χ2v) is 4.56. The minimum absolute atomic E-state index is 0.00620. The lowest BCUT2D eigenvalue weighted by atomic mass is 10.1. The third kappa shape index (κ3) is 3.89. The molecule has 0 amide bonds. The third-order valence-corrected chi connectivity index (χ3v) is 2.93. The molecule has 82 valence electrons. The summed E-state index contributed by atoms with van der Waals surface area (Å²) in [4.78, 5) is 11.1. The van der Waals surface area contributed by atoms with E-state index < -0.39 is 26.9 Å². The molecule has 0 aliphatic heterocycles. The lowest BCUT2D eigenvalue weighted by Gasteiger charge is -2.10. The molecule has 14 heavy (non-hydrogen) atoms. The summed E-state index contributed by atoms with van der Waals surface area (Å²) in [6.07, 6.45) is 1.16. The molecule has 0 aromatic heterocycles. The first-order chi connectivity index (χ1) is 6.30. The fourth-order valence-corrected chi connectivity index (χ4v) is 1.86. The summed E-state index contributed by atoms with van der Waals surface area (Å²) in [6, 6.07) is 0. The van der Waals surface area contributed by atoms with Gasteiger partial charge in [0.1, 0.15) is 0 Å². The van der Waals surface area contributed by atoms with E-state index in [4.69, 9.17) is 9.66 Å². The van der Waals surface area contributed by atoms with Crippen LogP contribution < -0.4 is 0 Å². The molecule has 0 saturated heterocycles. The number of unbranched alkanes of at least 4 members (excludes halogenated alkanes) is 1. The molecule has 0 fully saturated rings. The molecule has 5 nitrogen and oxygen atoms in total. The van der Waals surface area contributed by atoms with Crippen LogP contribution in [0.5, 0.6) is 0 Å². The maximum atomic E-state index is 11.1. The minimum Gasteiger partial charge on any atom is -0.505 e. The molecule has 0 radical (unpaired) electrons. The smallest absolute Gasteiger partial charge is 0.275 e. The lowest BCUT2D eigenvalue weighted by molar-refractivity contribution is -0.117. The molecular formula is C8H14O5S. The highest BCUT2D eigenvalue weighted by Gasteiger charge is 2.31. The second-order valence-electron chi connectivity index (χ2n) is 2.96. The Morgan fingerprint density at radius 1 is 1.50 bits per heavy atom. The van der Waals surface area contributed by atoms with E-state index in [1.807, 2.05) is 6.92 Å². The van der Waals surface area contributed by atoms with Crippen molar-refractivity contribution in [2.24, 2.45) is 0 Å². The second kappa shape index (κ2) is 5.11. The van der Waals surface area contributed by atoms with Gasteiger partial charge >= 0.3 is 0 Å². The van der Waals surface area contributed by atoms with Crippen molar-refractivity contribution in [3.63, 3.8) is 0 Å². The fraction of sp³-hybridized carbons (Fsp3) is 0.625. The number of hydrogen-bond acceptors (Lipinski definition) is 4. The van der Waals surface area contributed by atoms with Gasteiger partial charge in [-0.2, -0.15) is 8.42 Å². The van der Waals surface area contributed by atoms with Crippen LogP contribution in [-0.2, 0) is 14.9 Å². The first-order valence-corrected chi connectivity index (χ1v) is 5.69. The van der Waals surface area contributed by atoms with Crippen LogP contribution in [0.2, 0.25) is 0 Å². The van der Waals surface area contributed by atoms with Gasteiger partial charge < -0.3 is 5.11 Å². The number of carbonyl (C=O) groups excluding carboxylic acids is 1. The zero-order valence-electron chi connectivity index (χ0n) is 7.93. The highest BCUT2D eigenvalue weighted by molar-refractivity contribution is 7.87. The normalized spacial score (nSPS) is 13.6. The summed E-state index contributed by atoms with van der Waals surface area (Å²) >= 11 is 0. The Hall–Kier alpha value is -0.880. The molecule has 0 aliphatic rings. The monoisotopic (exact) mass is 222 g/mol. The van der Waals surface area contributed by atoms with E-state index in [1.54, 1.807) is 0 Å². The zero-order chi connectivity index (χ0) is 11.4. The summed E-state index contributed by atoms with van der Waals surface area (Å²) in [5.74, 6) is -1.88. The van der Waals surface area contributed by atoms with Gasteiger partial charge in [-0.1, -0.05) is 26.3 Å². The molecule has 0 rings (SSSR count). The van der Waals surface area contributed by atoms with Crippen LogP contribution in [0.4, 0.5) is 0 Å². The summed E-state index contributed by atoms with van der Waals surface area (Å²) in [5, 5.41) is 7.15. The maximum Gasteiger partial charge on any atom is 0.275 e. The SMILES string of the molecule is C=C(O)C(=O)C(CCCC)S(=O)(=O)O. The average molecular weight is 222 g/mol. The predicted octanol–water partition coefficient (Wildman–Crippen LogP) is 1.07. The standard InChI is InChI=1S/C8H14O5S/c1-3-4-5-7(14(11,12)13)8(10)6(2)9/h7,9H,2-5H2,1H3,(H,11,12,13). The zero-order valence-corrected chi connectivity index (χ0v) is 8.75. The lowest BCUT2D eigenvalue weighted by Crippen LogP contribution is -2.30. The number of ketones is 1. The van der Waals surface area contributed by atoms with Crippen molar-refractivity contribution in [2.45, 2.75) is 31.4 Å². The Bertz CT molecular complexity index is 317. The van der Waals surface area contributed by atoms with Gasteiger partial charge in [0, 0.05) is 0 Å². The van der Waals surface area contributed by atoms with E-state index in [9.17, 15) is 13.2 Å². The van der Waals surface area contributed by atoms with E-state index in [2.05, 4.69) is 6.58 Å². The van der Waals surface area contributed by atoms with Crippen molar-refractivity contribution in [3.05, 3.63) is 12.3 Å². The van der Waals surface area contributed by atoms with Gasteiger partial charge in [-0.15, -0.1) is 0 Å². The molecule has 0 heterocycles.